The molecule has 1 rings (SSSR count). The van der Waals surface area contributed by atoms with E-state index in [0.717, 1.165) is 0 Å². The molecule has 0 aliphatic heterocycles. The fraction of sp³-hybridized carbons (Fsp3) is 0.308. The maximum Gasteiger partial charge on any atom is 0.337 e. The third kappa shape index (κ3) is 3.24. The molecular weight excluding hydrogens is 234 g/mol. The van der Waals surface area contributed by atoms with Gasteiger partial charge in [0.15, 0.2) is 0 Å². The van der Waals surface area contributed by atoms with Gasteiger partial charge >= 0.3 is 5.97 Å². The van der Waals surface area contributed by atoms with E-state index in [9.17, 15) is 4.79 Å². The van der Waals surface area contributed by atoms with E-state index in [1.165, 1.54) is 13.2 Å². The average Bonchev–Trinajstić information content (AvgIpc) is 2.37. The molecule has 0 amide bonds. The third-order valence-corrected chi connectivity index (χ3v) is 2.50. The van der Waals surface area contributed by atoms with E-state index in [0.29, 0.717) is 24.5 Å². The Labute approximate surface area is 106 Å². The Bertz CT molecular complexity index is 431. The molecule has 0 heterocycles. The lowest BCUT2D eigenvalue weighted by Crippen LogP contribution is -2.28. The third-order valence-electron chi connectivity index (χ3n) is 2.50. The summed E-state index contributed by atoms with van der Waals surface area (Å²) in [5, 5.41) is 18.2. The number of methoxy groups -OCH3 is 1. The molecule has 1 aromatic rings. The van der Waals surface area contributed by atoms with Gasteiger partial charge < -0.3 is 19.8 Å². The zero-order valence-corrected chi connectivity index (χ0v) is 10.3. The van der Waals surface area contributed by atoms with E-state index in [1.807, 2.05) is 0 Å². The number of rotatable bonds is 7. The van der Waals surface area contributed by atoms with Crippen molar-refractivity contribution < 1.29 is 19.7 Å². The van der Waals surface area contributed by atoms with Crippen molar-refractivity contribution in [3.8, 4) is 5.75 Å². The molecule has 0 unspecified atom stereocenters. The van der Waals surface area contributed by atoms with Crippen molar-refractivity contribution in [1.82, 2.24) is 0 Å². The molecule has 0 aromatic heterocycles. The van der Waals surface area contributed by atoms with Gasteiger partial charge in [-0.15, -0.1) is 6.58 Å². The Kier molecular flexibility index (Phi) is 5.20. The number of hydrogen-bond acceptors (Lipinski definition) is 4. The number of aliphatic hydroxyl groups is 1. The molecule has 0 aliphatic rings. The molecule has 5 nitrogen and oxygen atoms in total. The van der Waals surface area contributed by atoms with Gasteiger partial charge in [-0.2, -0.15) is 0 Å². The summed E-state index contributed by atoms with van der Waals surface area (Å²) < 4.78 is 5.09. The number of benzene rings is 1. The molecule has 18 heavy (non-hydrogen) atoms. The predicted octanol–water partition coefficient (Wildman–Crippen LogP) is 1.38. The fourth-order valence-corrected chi connectivity index (χ4v) is 1.67. The molecule has 0 atom stereocenters. The largest absolute Gasteiger partial charge is 0.497 e. The fourth-order valence-electron chi connectivity index (χ4n) is 1.67. The van der Waals surface area contributed by atoms with Crippen molar-refractivity contribution in [3.05, 3.63) is 36.4 Å². The van der Waals surface area contributed by atoms with Gasteiger partial charge in [0.05, 0.1) is 25.0 Å². The number of aliphatic hydroxyl groups excluding tert-OH is 1. The molecule has 98 valence electrons. The molecule has 2 N–H and O–H groups in total. The lowest BCUT2D eigenvalue weighted by molar-refractivity contribution is 0.0697. The van der Waals surface area contributed by atoms with E-state index in [-0.39, 0.29) is 12.2 Å². The molecule has 0 fully saturated rings. The van der Waals surface area contributed by atoms with Crippen LogP contribution in [0.2, 0.25) is 0 Å². The van der Waals surface area contributed by atoms with Crippen LogP contribution in [0, 0.1) is 0 Å². The van der Waals surface area contributed by atoms with E-state index >= 15 is 0 Å². The van der Waals surface area contributed by atoms with Gasteiger partial charge in [0.2, 0.25) is 0 Å². The van der Waals surface area contributed by atoms with Gasteiger partial charge in [0.25, 0.3) is 0 Å². The maximum atomic E-state index is 11.2. The van der Waals surface area contributed by atoms with Crippen molar-refractivity contribution in [2.75, 3.05) is 31.7 Å². The number of carbonyl (C=O) groups is 1. The summed E-state index contributed by atoms with van der Waals surface area (Å²) in [6.07, 6.45) is 1.65. The highest BCUT2D eigenvalue weighted by Crippen LogP contribution is 2.26. The second-order valence-electron chi connectivity index (χ2n) is 3.65. The lowest BCUT2D eigenvalue weighted by Gasteiger charge is -2.24. The smallest absolute Gasteiger partial charge is 0.337 e. The number of nitrogens with zero attached hydrogens (tertiary/aromatic N) is 1. The van der Waals surface area contributed by atoms with Crippen LogP contribution >= 0.6 is 0 Å². The van der Waals surface area contributed by atoms with Crippen LogP contribution in [-0.4, -0.2) is 43.0 Å². The summed E-state index contributed by atoms with van der Waals surface area (Å²) in [4.78, 5) is 12.9. The second-order valence-corrected chi connectivity index (χ2v) is 3.65. The number of carboxylic acids is 1. The van der Waals surface area contributed by atoms with Crippen molar-refractivity contribution >= 4 is 11.7 Å². The Morgan fingerprint density at radius 3 is 2.78 bits per heavy atom. The number of hydrogen-bond donors (Lipinski definition) is 2. The molecule has 0 saturated heterocycles. The highest BCUT2D eigenvalue weighted by Gasteiger charge is 2.16. The first-order valence-electron chi connectivity index (χ1n) is 5.52. The van der Waals surface area contributed by atoms with Crippen LogP contribution in [0.4, 0.5) is 5.69 Å². The first kappa shape index (κ1) is 14.1. The summed E-state index contributed by atoms with van der Waals surface area (Å²) in [6.45, 7) is 4.34. The van der Waals surface area contributed by atoms with Crippen LogP contribution in [0.3, 0.4) is 0 Å². The van der Waals surface area contributed by atoms with E-state index < -0.39 is 5.97 Å². The molecule has 1 aromatic carbocycles. The van der Waals surface area contributed by atoms with Crippen LogP contribution in [0.25, 0.3) is 0 Å². The topological polar surface area (TPSA) is 70.0 Å². The number of anilines is 1. The molecule has 0 saturated carbocycles. The SMILES string of the molecule is C=CCN(CCO)c1cc(OC)ccc1C(=O)O. The summed E-state index contributed by atoms with van der Waals surface area (Å²) in [5.41, 5.74) is 0.682. The van der Waals surface area contributed by atoms with Crippen molar-refractivity contribution in [1.29, 1.82) is 0 Å². The molecular formula is C13H17NO4. The Hall–Kier alpha value is -2.01. The summed E-state index contributed by atoms with van der Waals surface area (Å²) in [5.74, 6) is -0.443. The minimum absolute atomic E-state index is 0.0654. The van der Waals surface area contributed by atoms with Gasteiger partial charge in [0.1, 0.15) is 5.75 Å². The second kappa shape index (κ2) is 6.66. The van der Waals surface area contributed by atoms with Gasteiger partial charge in [-0.3, -0.25) is 0 Å². The molecule has 0 spiro atoms. The minimum atomic E-state index is -1.01. The van der Waals surface area contributed by atoms with Gasteiger partial charge in [0, 0.05) is 19.2 Å². The summed E-state index contributed by atoms with van der Waals surface area (Å²) in [7, 11) is 1.52. The van der Waals surface area contributed by atoms with Crippen LogP contribution in [0.5, 0.6) is 5.75 Å². The number of aromatic carboxylic acids is 1. The van der Waals surface area contributed by atoms with Gasteiger partial charge in [-0.05, 0) is 12.1 Å². The van der Waals surface area contributed by atoms with Gasteiger partial charge in [-0.1, -0.05) is 6.08 Å². The maximum absolute atomic E-state index is 11.2. The highest BCUT2D eigenvalue weighted by atomic mass is 16.5. The first-order chi connectivity index (χ1) is 8.63. The normalized spacial score (nSPS) is 9.89. The molecule has 5 heteroatoms. The predicted molar refractivity (Wildman–Crippen MR) is 69.4 cm³/mol. The van der Waals surface area contributed by atoms with E-state index in [1.54, 1.807) is 23.1 Å². The summed E-state index contributed by atoms with van der Waals surface area (Å²) in [6, 6.07) is 4.73. The minimum Gasteiger partial charge on any atom is -0.497 e. The Morgan fingerprint density at radius 1 is 1.56 bits per heavy atom. The van der Waals surface area contributed by atoms with Crippen LogP contribution in [0.1, 0.15) is 10.4 Å². The van der Waals surface area contributed by atoms with Gasteiger partial charge in [-0.25, -0.2) is 4.79 Å². The van der Waals surface area contributed by atoms with Crippen LogP contribution in [0.15, 0.2) is 30.9 Å². The number of ether oxygens (including phenoxy) is 1. The lowest BCUT2D eigenvalue weighted by atomic mass is 10.1. The average molecular weight is 251 g/mol. The van der Waals surface area contributed by atoms with E-state index in [4.69, 9.17) is 14.9 Å². The molecule has 0 bridgehead atoms. The Morgan fingerprint density at radius 2 is 2.28 bits per heavy atom. The standard InChI is InChI=1S/C13H17NO4/c1-3-6-14(7-8-15)12-9-10(18-2)4-5-11(12)13(16)17/h3-5,9,15H,1,6-8H2,2H3,(H,16,17). The van der Waals surface area contributed by atoms with Crippen molar-refractivity contribution in [2.24, 2.45) is 0 Å². The number of carboxylic acid groups (broad SMARTS) is 1. The monoisotopic (exact) mass is 251 g/mol. The zero-order chi connectivity index (χ0) is 13.5. The van der Waals surface area contributed by atoms with Crippen LogP contribution in [-0.2, 0) is 0 Å². The molecule has 0 radical (unpaired) electrons. The summed E-state index contributed by atoms with van der Waals surface area (Å²) >= 11 is 0. The van der Waals surface area contributed by atoms with Crippen molar-refractivity contribution in [3.63, 3.8) is 0 Å². The van der Waals surface area contributed by atoms with Crippen molar-refractivity contribution in [2.45, 2.75) is 0 Å². The highest BCUT2D eigenvalue weighted by molar-refractivity contribution is 5.95. The quantitative estimate of drug-likeness (QED) is 0.716. The van der Waals surface area contributed by atoms with E-state index in [2.05, 4.69) is 6.58 Å². The van der Waals surface area contributed by atoms with Crippen LogP contribution < -0.4 is 9.64 Å². The first-order valence-corrected chi connectivity index (χ1v) is 5.52. The molecule has 0 aliphatic carbocycles. The zero-order valence-electron chi connectivity index (χ0n) is 10.3. The Balaban J connectivity index is 3.22.